The quantitative estimate of drug-likeness (QED) is 0.548. The maximum atomic E-state index is 12.1. The zero-order chi connectivity index (χ0) is 17.2. The highest BCUT2D eigenvalue weighted by atomic mass is 32.2. The van der Waals surface area contributed by atoms with E-state index in [1.807, 2.05) is 30.3 Å². The third-order valence-corrected chi connectivity index (χ3v) is 4.29. The van der Waals surface area contributed by atoms with Gasteiger partial charge in [-0.25, -0.2) is 9.97 Å². The molecule has 0 bridgehead atoms. The van der Waals surface area contributed by atoms with Crippen molar-refractivity contribution >= 4 is 45.6 Å². The van der Waals surface area contributed by atoms with E-state index in [9.17, 15) is 9.59 Å². The van der Waals surface area contributed by atoms with Crippen LogP contribution in [0.4, 0.5) is 5.82 Å². The van der Waals surface area contributed by atoms with Crippen molar-refractivity contribution in [1.29, 1.82) is 0 Å². The number of nitrogens with one attached hydrogen (secondary N) is 2. The van der Waals surface area contributed by atoms with E-state index >= 15 is 0 Å². The lowest BCUT2D eigenvalue weighted by Gasteiger charge is -2.04. The smallest absolute Gasteiger partial charge is 0.291 e. The highest BCUT2D eigenvalue weighted by Gasteiger charge is 2.12. The van der Waals surface area contributed by atoms with Crippen molar-refractivity contribution < 1.29 is 9.21 Å². The molecule has 0 fully saturated rings. The summed E-state index contributed by atoms with van der Waals surface area (Å²) < 4.78 is 5.54. The fourth-order valence-electron chi connectivity index (χ4n) is 2.32. The minimum atomic E-state index is -0.445. The minimum absolute atomic E-state index is 0.0261. The summed E-state index contributed by atoms with van der Waals surface area (Å²) >= 11 is 1.15. The molecule has 0 aliphatic carbocycles. The van der Waals surface area contributed by atoms with Crippen molar-refractivity contribution in [3.63, 3.8) is 0 Å². The van der Waals surface area contributed by atoms with Crippen molar-refractivity contribution in [2.45, 2.75) is 5.22 Å². The number of rotatable bonds is 4. The van der Waals surface area contributed by atoms with Crippen LogP contribution in [0.25, 0.3) is 22.1 Å². The predicted molar refractivity (Wildman–Crippen MR) is 95.7 cm³/mol. The van der Waals surface area contributed by atoms with E-state index in [0.717, 1.165) is 17.3 Å². The first-order chi connectivity index (χ1) is 12.2. The zero-order valence-corrected chi connectivity index (χ0v) is 13.7. The van der Waals surface area contributed by atoms with Crippen LogP contribution in [0.1, 0.15) is 0 Å². The van der Waals surface area contributed by atoms with Crippen molar-refractivity contribution in [3.8, 4) is 0 Å². The zero-order valence-electron chi connectivity index (χ0n) is 12.9. The van der Waals surface area contributed by atoms with Gasteiger partial charge < -0.3 is 14.7 Å². The number of aromatic nitrogens is 3. The largest absolute Gasteiger partial charge is 0.431 e. The molecule has 25 heavy (non-hydrogen) atoms. The molecular formula is C17H12N4O3S. The molecule has 0 unspecified atom stereocenters. The van der Waals surface area contributed by atoms with E-state index < -0.39 is 5.56 Å². The fraction of sp³-hybridized carbons (Fsp3) is 0.0588. The molecule has 124 valence electrons. The lowest BCUT2D eigenvalue weighted by molar-refractivity contribution is -0.113. The third-order valence-electron chi connectivity index (χ3n) is 3.46. The van der Waals surface area contributed by atoms with Gasteiger partial charge in [0.1, 0.15) is 5.52 Å². The van der Waals surface area contributed by atoms with E-state index in [-0.39, 0.29) is 17.5 Å². The average molecular weight is 352 g/mol. The average Bonchev–Trinajstić information content (AvgIpc) is 3.03. The standard InChI is InChI=1S/C17H12N4O3S/c22-14(9-25-17-20-12-7-3-4-8-13(12)24-17)21-15-16(23)19-11-6-2-1-5-10(11)18-15/h1-8H,9H2,(H,19,23)(H,18,21,22). The van der Waals surface area contributed by atoms with Gasteiger partial charge in [0.05, 0.1) is 16.8 Å². The Bertz CT molecular complexity index is 1100. The first-order valence-corrected chi connectivity index (χ1v) is 8.45. The van der Waals surface area contributed by atoms with Crippen LogP contribution in [0.5, 0.6) is 0 Å². The number of fused-ring (bicyclic) bond motifs is 2. The van der Waals surface area contributed by atoms with Crippen LogP contribution in [-0.4, -0.2) is 26.6 Å². The number of hydrogen-bond donors (Lipinski definition) is 2. The van der Waals surface area contributed by atoms with Gasteiger partial charge >= 0.3 is 0 Å². The van der Waals surface area contributed by atoms with E-state index in [2.05, 4.69) is 20.3 Å². The molecule has 0 atom stereocenters. The first kappa shape index (κ1) is 15.4. The van der Waals surface area contributed by atoms with Crippen molar-refractivity contribution in [3.05, 3.63) is 58.9 Å². The summed E-state index contributed by atoms with van der Waals surface area (Å²) in [5.74, 6) is -0.330. The Morgan fingerprint density at radius 1 is 1.08 bits per heavy atom. The normalized spacial score (nSPS) is 11.0. The number of H-pyrrole nitrogens is 1. The Balaban J connectivity index is 1.46. The van der Waals surface area contributed by atoms with E-state index in [1.165, 1.54) is 0 Å². The molecule has 2 aromatic heterocycles. The molecule has 1 amide bonds. The fourth-order valence-corrected chi connectivity index (χ4v) is 2.96. The van der Waals surface area contributed by atoms with Crippen LogP contribution in [0.3, 0.4) is 0 Å². The molecule has 0 radical (unpaired) electrons. The molecule has 2 N–H and O–H groups in total. The van der Waals surface area contributed by atoms with Gasteiger partial charge in [0.2, 0.25) is 5.91 Å². The van der Waals surface area contributed by atoms with Gasteiger partial charge in [0.25, 0.3) is 10.8 Å². The molecule has 4 aromatic rings. The summed E-state index contributed by atoms with van der Waals surface area (Å²) in [4.78, 5) is 35.2. The lowest BCUT2D eigenvalue weighted by atomic mass is 10.3. The summed E-state index contributed by atoms with van der Waals surface area (Å²) in [6.45, 7) is 0. The molecule has 2 heterocycles. The van der Waals surface area contributed by atoms with Gasteiger partial charge in [-0.3, -0.25) is 9.59 Å². The SMILES string of the molecule is O=C(CSc1nc2ccccc2o1)Nc1nc2ccccc2[nH]c1=O. The number of oxazole rings is 1. The van der Waals surface area contributed by atoms with Crippen LogP contribution in [-0.2, 0) is 4.79 Å². The van der Waals surface area contributed by atoms with Crippen LogP contribution in [0.15, 0.2) is 63.0 Å². The molecule has 0 aliphatic heterocycles. The van der Waals surface area contributed by atoms with Crippen LogP contribution in [0.2, 0.25) is 0 Å². The van der Waals surface area contributed by atoms with Gasteiger partial charge in [0, 0.05) is 0 Å². The second kappa shape index (κ2) is 6.40. The third kappa shape index (κ3) is 3.24. The van der Waals surface area contributed by atoms with Crippen LogP contribution < -0.4 is 10.9 Å². The summed E-state index contributed by atoms with van der Waals surface area (Å²) in [5.41, 5.74) is 2.17. The van der Waals surface area contributed by atoms with Gasteiger partial charge in [-0.15, -0.1) is 0 Å². The number of carbonyl (C=O) groups excluding carboxylic acids is 1. The first-order valence-electron chi connectivity index (χ1n) is 7.46. The summed E-state index contributed by atoms with van der Waals surface area (Å²) in [5, 5.41) is 2.92. The van der Waals surface area contributed by atoms with Crippen molar-refractivity contribution in [2.24, 2.45) is 0 Å². The van der Waals surface area contributed by atoms with Gasteiger partial charge in [0.15, 0.2) is 11.4 Å². The molecule has 0 aliphatic rings. The molecule has 0 saturated heterocycles. The summed E-state index contributed by atoms with van der Waals surface area (Å²) in [6.07, 6.45) is 0. The van der Waals surface area contributed by atoms with Crippen molar-refractivity contribution in [1.82, 2.24) is 15.0 Å². The van der Waals surface area contributed by atoms with E-state index in [4.69, 9.17) is 4.42 Å². The number of para-hydroxylation sites is 4. The molecule has 2 aromatic carbocycles. The predicted octanol–water partition coefficient (Wildman–Crippen LogP) is 2.80. The van der Waals surface area contributed by atoms with Gasteiger partial charge in [-0.1, -0.05) is 36.0 Å². The molecule has 0 spiro atoms. The Labute approximate surface area is 145 Å². The second-order valence-electron chi connectivity index (χ2n) is 5.22. The monoisotopic (exact) mass is 352 g/mol. The minimum Gasteiger partial charge on any atom is -0.431 e. The van der Waals surface area contributed by atoms with Gasteiger partial charge in [-0.05, 0) is 24.3 Å². The lowest BCUT2D eigenvalue weighted by Crippen LogP contribution is -2.22. The molecular weight excluding hydrogens is 340 g/mol. The number of nitrogens with zero attached hydrogens (tertiary/aromatic N) is 2. The number of amides is 1. The highest BCUT2D eigenvalue weighted by molar-refractivity contribution is 7.99. The molecule has 8 heteroatoms. The Morgan fingerprint density at radius 3 is 2.68 bits per heavy atom. The maximum Gasteiger partial charge on any atom is 0.291 e. The van der Waals surface area contributed by atoms with Crippen LogP contribution in [0, 0.1) is 0 Å². The highest BCUT2D eigenvalue weighted by Crippen LogP contribution is 2.23. The molecule has 7 nitrogen and oxygen atoms in total. The maximum absolute atomic E-state index is 12.1. The van der Waals surface area contributed by atoms with Gasteiger partial charge in [-0.2, -0.15) is 0 Å². The van der Waals surface area contributed by atoms with E-state index in [1.54, 1.807) is 18.2 Å². The number of hydrogen-bond acceptors (Lipinski definition) is 6. The number of aromatic amines is 1. The topological polar surface area (TPSA) is 101 Å². The number of thioether (sulfide) groups is 1. The summed E-state index contributed by atoms with van der Waals surface area (Å²) in [6, 6.07) is 14.5. The summed E-state index contributed by atoms with van der Waals surface area (Å²) in [7, 11) is 0. The Hall–Kier alpha value is -3.13. The Morgan fingerprint density at radius 2 is 1.84 bits per heavy atom. The molecule has 0 saturated carbocycles. The van der Waals surface area contributed by atoms with Crippen LogP contribution >= 0.6 is 11.8 Å². The number of carbonyl (C=O) groups is 1. The van der Waals surface area contributed by atoms with E-state index in [0.29, 0.717) is 21.8 Å². The number of benzene rings is 2. The molecule has 4 rings (SSSR count). The second-order valence-corrected chi connectivity index (χ2v) is 6.14. The number of anilines is 1. The van der Waals surface area contributed by atoms with Crippen molar-refractivity contribution in [2.75, 3.05) is 11.1 Å². The Kier molecular flexibility index (Phi) is 3.95.